The van der Waals surface area contributed by atoms with E-state index in [1.165, 1.54) is 5.56 Å². The summed E-state index contributed by atoms with van der Waals surface area (Å²) >= 11 is 0. The summed E-state index contributed by atoms with van der Waals surface area (Å²) in [4.78, 5) is 10.4. The molecule has 1 unspecified atom stereocenters. The standard InChI is InChI=1S/C16H22O3/c1-2-13-8-10-14(11-9-13)6-4-3-5-7-15(17)12-16(18)19/h2,8-11,15,17H,1,3-7,12H2,(H,18,19). The SMILES string of the molecule is C=Cc1ccc(CCCCCC(O)CC(=O)O)cc1. The number of carboxylic acids is 1. The second-order valence-electron chi connectivity index (χ2n) is 4.80. The Bertz CT molecular complexity index is 395. The third-order valence-electron chi connectivity index (χ3n) is 3.13. The number of hydrogen-bond acceptors (Lipinski definition) is 2. The molecule has 104 valence electrons. The molecule has 0 amide bonds. The van der Waals surface area contributed by atoms with Crippen molar-refractivity contribution in [3.05, 3.63) is 42.0 Å². The average molecular weight is 262 g/mol. The number of rotatable bonds is 9. The summed E-state index contributed by atoms with van der Waals surface area (Å²) in [6, 6.07) is 8.32. The number of aliphatic hydroxyl groups is 1. The summed E-state index contributed by atoms with van der Waals surface area (Å²) in [6.07, 6.45) is 5.52. The quantitative estimate of drug-likeness (QED) is 0.671. The molecule has 3 nitrogen and oxygen atoms in total. The van der Waals surface area contributed by atoms with E-state index in [1.807, 2.05) is 6.08 Å². The van der Waals surface area contributed by atoms with Crippen LogP contribution in [0.15, 0.2) is 30.8 Å². The first-order valence-corrected chi connectivity index (χ1v) is 6.73. The monoisotopic (exact) mass is 262 g/mol. The van der Waals surface area contributed by atoms with Crippen molar-refractivity contribution >= 4 is 12.0 Å². The van der Waals surface area contributed by atoms with E-state index < -0.39 is 12.1 Å². The third-order valence-corrected chi connectivity index (χ3v) is 3.13. The summed E-state index contributed by atoms with van der Waals surface area (Å²) in [5, 5.41) is 17.9. The van der Waals surface area contributed by atoms with Crippen LogP contribution in [-0.2, 0) is 11.2 Å². The van der Waals surface area contributed by atoms with Gasteiger partial charge in [-0.3, -0.25) is 4.79 Å². The normalized spacial score (nSPS) is 12.1. The van der Waals surface area contributed by atoms with Crippen LogP contribution < -0.4 is 0 Å². The molecular weight excluding hydrogens is 240 g/mol. The molecule has 0 saturated carbocycles. The summed E-state index contributed by atoms with van der Waals surface area (Å²) in [5.74, 6) is -0.935. The van der Waals surface area contributed by atoms with Crippen LogP contribution >= 0.6 is 0 Å². The fraction of sp³-hybridized carbons (Fsp3) is 0.438. The summed E-state index contributed by atoms with van der Waals surface area (Å²) < 4.78 is 0. The Balaban J connectivity index is 2.13. The lowest BCUT2D eigenvalue weighted by Gasteiger charge is -2.07. The van der Waals surface area contributed by atoms with Gasteiger partial charge < -0.3 is 10.2 Å². The molecule has 0 aliphatic heterocycles. The highest BCUT2D eigenvalue weighted by Crippen LogP contribution is 2.12. The maximum atomic E-state index is 10.4. The zero-order chi connectivity index (χ0) is 14.1. The Hall–Kier alpha value is -1.61. The maximum Gasteiger partial charge on any atom is 0.305 e. The fourth-order valence-electron chi connectivity index (χ4n) is 2.01. The van der Waals surface area contributed by atoms with Crippen LogP contribution in [-0.4, -0.2) is 22.3 Å². The summed E-state index contributed by atoms with van der Waals surface area (Å²) in [5.41, 5.74) is 2.43. The Morgan fingerprint density at radius 1 is 1.21 bits per heavy atom. The van der Waals surface area contributed by atoms with E-state index in [-0.39, 0.29) is 6.42 Å². The molecule has 2 N–H and O–H groups in total. The predicted octanol–water partition coefficient (Wildman–Crippen LogP) is 3.27. The van der Waals surface area contributed by atoms with Gasteiger partial charge in [0.15, 0.2) is 0 Å². The Morgan fingerprint density at radius 2 is 1.89 bits per heavy atom. The Kier molecular flexibility index (Phi) is 6.90. The lowest BCUT2D eigenvalue weighted by atomic mass is 10.0. The van der Waals surface area contributed by atoms with E-state index >= 15 is 0 Å². The largest absolute Gasteiger partial charge is 0.481 e. The molecule has 1 aromatic rings. The van der Waals surface area contributed by atoms with Gasteiger partial charge in [-0.1, -0.05) is 49.8 Å². The first kappa shape index (κ1) is 15.4. The first-order valence-electron chi connectivity index (χ1n) is 6.73. The fourth-order valence-corrected chi connectivity index (χ4v) is 2.01. The molecular formula is C16H22O3. The molecule has 1 rings (SSSR count). The molecule has 0 heterocycles. The second-order valence-corrected chi connectivity index (χ2v) is 4.80. The van der Waals surface area contributed by atoms with Crippen molar-refractivity contribution in [2.75, 3.05) is 0 Å². The van der Waals surface area contributed by atoms with E-state index in [2.05, 4.69) is 30.8 Å². The molecule has 0 spiro atoms. The van der Waals surface area contributed by atoms with Crippen molar-refractivity contribution in [1.29, 1.82) is 0 Å². The van der Waals surface area contributed by atoms with Crippen LogP contribution in [0.3, 0.4) is 0 Å². The van der Waals surface area contributed by atoms with E-state index in [0.29, 0.717) is 6.42 Å². The van der Waals surface area contributed by atoms with Gasteiger partial charge in [-0.25, -0.2) is 0 Å². The number of aryl methyl sites for hydroxylation is 1. The molecule has 0 aliphatic rings. The number of hydrogen-bond donors (Lipinski definition) is 2. The van der Waals surface area contributed by atoms with Crippen LogP contribution in [0.2, 0.25) is 0 Å². The number of aliphatic hydroxyl groups excluding tert-OH is 1. The molecule has 0 fully saturated rings. The Morgan fingerprint density at radius 3 is 2.47 bits per heavy atom. The second kappa shape index (κ2) is 8.48. The number of benzene rings is 1. The van der Waals surface area contributed by atoms with Gasteiger partial charge in [-0.05, 0) is 30.4 Å². The minimum absolute atomic E-state index is 0.150. The molecule has 1 aromatic carbocycles. The molecule has 19 heavy (non-hydrogen) atoms. The molecule has 1 atom stereocenters. The topological polar surface area (TPSA) is 57.5 Å². The highest BCUT2D eigenvalue weighted by atomic mass is 16.4. The highest BCUT2D eigenvalue weighted by molar-refractivity contribution is 5.67. The van der Waals surface area contributed by atoms with Gasteiger partial charge in [-0.2, -0.15) is 0 Å². The Labute approximate surface area is 114 Å². The van der Waals surface area contributed by atoms with Crippen LogP contribution in [0.25, 0.3) is 6.08 Å². The molecule has 0 bridgehead atoms. The lowest BCUT2D eigenvalue weighted by molar-refractivity contribution is -0.139. The zero-order valence-corrected chi connectivity index (χ0v) is 11.2. The minimum atomic E-state index is -0.935. The van der Waals surface area contributed by atoms with Crippen LogP contribution in [0.4, 0.5) is 0 Å². The van der Waals surface area contributed by atoms with Crippen LogP contribution in [0.1, 0.15) is 43.2 Å². The van der Waals surface area contributed by atoms with E-state index in [9.17, 15) is 9.90 Å². The van der Waals surface area contributed by atoms with Crippen LogP contribution in [0, 0.1) is 0 Å². The third kappa shape index (κ3) is 6.77. The van der Waals surface area contributed by atoms with Crippen molar-refractivity contribution in [2.24, 2.45) is 0 Å². The summed E-state index contributed by atoms with van der Waals surface area (Å²) in [6.45, 7) is 3.72. The highest BCUT2D eigenvalue weighted by Gasteiger charge is 2.08. The van der Waals surface area contributed by atoms with Crippen molar-refractivity contribution in [3.63, 3.8) is 0 Å². The van der Waals surface area contributed by atoms with Gasteiger partial charge >= 0.3 is 5.97 Å². The van der Waals surface area contributed by atoms with Crippen LogP contribution in [0.5, 0.6) is 0 Å². The number of aliphatic carboxylic acids is 1. The van der Waals surface area contributed by atoms with Crippen molar-refractivity contribution in [1.82, 2.24) is 0 Å². The number of carbonyl (C=O) groups is 1. The average Bonchev–Trinajstić information content (AvgIpc) is 2.38. The first-order chi connectivity index (χ1) is 9.11. The number of carboxylic acid groups (broad SMARTS) is 1. The van der Waals surface area contributed by atoms with Gasteiger partial charge in [-0.15, -0.1) is 0 Å². The lowest BCUT2D eigenvalue weighted by Crippen LogP contribution is -2.12. The zero-order valence-electron chi connectivity index (χ0n) is 11.2. The van der Waals surface area contributed by atoms with Crippen molar-refractivity contribution in [2.45, 2.75) is 44.6 Å². The van der Waals surface area contributed by atoms with Crippen molar-refractivity contribution < 1.29 is 15.0 Å². The van der Waals surface area contributed by atoms with E-state index in [4.69, 9.17) is 5.11 Å². The molecule has 0 aromatic heterocycles. The molecule has 3 heteroatoms. The molecule has 0 radical (unpaired) electrons. The van der Waals surface area contributed by atoms with Gasteiger partial charge in [0.1, 0.15) is 0 Å². The smallest absolute Gasteiger partial charge is 0.305 e. The van der Waals surface area contributed by atoms with E-state index in [1.54, 1.807) is 0 Å². The maximum absolute atomic E-state index is 10.4. The minimum Gasteiger partial charge on any atom is -0.481 e. The van der Waals surface area contributed by atoms with Crippen molar-refractivity contribution in [3.8, 4) is 0 Å². The van der Waals surface area contributed by atoms with E-state index in [0.717, 1.165) is 31.2 Å². The van der Waals surface area contributed by atoms with Gasteiger partial charge in [0, 0.05) is 0 Å². The van der Waals surface area contributed by atoms with Gasteiger partial charge in [0.2, 0.25) is 0 Å². The van der Waals surface area contributed by atoms with Gasteiger partial charge in [0.05, 0.1) is 12.5 Å². The number of unbranched alkanes of at least 4 members (excludes halogenated alkanes) is 2. The molecule has 0 aliphatic carbocycles. The summed E-state index contributed by atoms with van der Waals surface area (Å²) in [7, 11) is 0. The van der Waals surface area contributed by atoms with Gasteiger partial charge in [0.25, 0.3) is 0 Å². The molecule has 0 saturated heterocycles. The predicted molar refractivity (Wildman–Crippen MR) is 77.0 cm³/mol.